The first kappa shape index (κ1) is 16.3. The van der Waals surface area contributed by atoms with E-state index < -0.39 is 0 Å². The largest absolute Gasteiger partial charge is 0.494 e. The second-order valence-electron chi connectivity index (χ2n) is 6.68. The van der Waals surface area contributed by atoms with Crippen molar-refractivity contribution in [3.05, 3.63) is 29.8 Å². The van der Waals surface area contributed by atoms with Crippen LogP contribution < -0.4 is 4.74 Å². The Hall–Kier alpha value is -1.55. The van der Waals surface area contributed by atoms with Crippen LogP contribution in [0.4, 0.5) is 0 Å². The fourth-order valence-electron chi connectivity index (χ4n) is 3.71. The number of nitrogens with zero attached hydrogens (tertiary/aromatic N) is 2. The van der Waals surface area contributed by atoms with Gasteiger partial charge >= 0.3 is 0 Å². The van der Waals surface area contributed by atoms with Crippen molar-refractivity contribution < 1.29 is 9.53 Å². The van der Waals surface area contributed by atoms with E-state index in [4.69, 9.17) is 4.74 Å². The van der Waals surface area contributed by atoms with Crippen LogP contribution in [0, 0.1) is 5.92 Å². The second kappa shape index (κ2) is 7.82. The molecule has 23 heavy (non-hydrogen) atoms. The van der Waals surface area contributed by atoms with Gasteiger partial charge in [-0.2, -0.15) is 0 Å². The van der Waals surface area contributed by atoms with Crippen LogP contribution in [-0.2, 0) is 11.3 Å². The van der Waals surface area contributed by atoms with Crippen molar-refractivity contribution in [1.82, 2.24) is 9.80 Å². The van der Waals surface area contributed by atoms with Gasteiger partial charge in [-0.15, -0.1) is 0 Å². The monoisotopic (exact) mass is 316 g/mol. The summed E-state index contributed by atoms with van der Waals surface area (Å²) in [5, 5.41) is 0. The molecule has 0 saturated carbocycles. The number of likely N-dealkylation sites (tertiary alicyclic amines) is 2. The highest BCUT2D eigenvalue weighted by atomic mass is 16.5. The smallest absolute Gasteiger partial charge is 0.226 e. The predicted octanol–water partition coefficient (Wildman–Crippen LogP) is 2.92. The molecule has 0 spiro atoms. The first-order valence-corrected chi connectivity index (χ1v) is 8.99. The molecule has 126 valence electrons. The molecule has 2 heterocycles. The van der Waals surface area contributed by atoms with Crippen molar-refractivity contribution in [3.63, 3.8) is 0 Å². The molecule has 1 atom stereocenters. The number of rotatable bonds is 5. The van der Waals surface area contributed by atoms with Gasteiger partial charge in [0, 0.05) is 26.2 Å². The van der Waals surface area contributed by atoms with Crippen LogP contribution in [0.5, 0.6) is 5.75 Å². The van der Waals surface area contributed by atoms with Crippen molar-refractivity contribution in [2.24, 2.45) is 5.92 Å². The third kappa shape index (κ3) is 4.25. The summed E-state index contributed by atoms with van der Waals surface area (Å²) < 4.78 is 5.49. The molecule has 2 fully saturated rings. The van der Waals surface area contributed by atoms with E-state index in [9.17, 15) is 4.79 Å². The minimum absolute atomic E-state index is 0.199. The molecule has 0 N–H and O–H groups in total. The number of carbonyl (C=O) groups is 1. The number of amides is 1. The summed E-state index contributed by atoms with van der Waals surface area (Å²) in [6.07, 6.45) is 4.53. The first-order chi connectivity index (χ1) is 11.3. The molecule has 1 aromatic rings. The van der Waals surface area contributed by atoms with Gasteiger partial charge in [-0.3, -0.25) is 9.69 Å². The number of benzene rings is 1. The van der Waals surface area contributed by atoms with Crippen molar-refractivity contribution >= 4 is 5.91 Å². The quantitative estimate of drug-likeness (QED) is 0.837. The highest BCUT2D eigenvalue weighted by Crippen LogP contribution is 2.23. The number of hydrogen-bond donors (Lipinski definition) is 0. The van der Waals surface area contributed by atoms with Gasteiger partial charge in [0.1, 0.15) is 5.75 Å². The Morgan fingerprint density at radius 3 is 2.57 bits per heavy atom. The van der Waals surface area contributed by atoms with Crippen LogP contribution in [0.1, 0.15) is 38.2 Å². The molecule has 2 saturated heterocycles. The lowest BCUT2D eigenvalue weighted by atomic mass is 9.96. The topological polar surface area (TPSA) is 32.8 Å². The average Bonchev–Trinajstić information content (AvgIpc) is 3.11. The molecular weight excluding hydrogens is 288 g/mol. The SMILES string of the molecule is CCOc1ccc(CN2CCC[C@@H](C(=O)N3CCCC3)C2)cc1. The molecular formula is C19H28N2O2. The number of carbonyl (C=O) groups excluding carboxylic acids is 1. The summed E-state index contributed by atoms with van der Waals surface area (Å²) in [5.41, 5.74) is 1.29. The minimum atomic E-state index is 0.199. The van der Waals surface area contributed by atoms with Crippen molar-refractivity contribution in [2.45, 2.75) is 39.2 Å². The molecule has 0 aliphatic carbocycles. The standard InChI is InChI=1S/C19H28N2O2/c1-2-23-18-9-7-16(8-10-18)14-20-11-5-6-17(15-20)19(22)21-12-3-4-13-21/h7-10,17H,2-6,11-15H2,1H3/t17-/m1/s1. The average molecular weight is 316 g/mol. The van der Waals surface area contributed by atoms with Gasteiger partial charge in [-0.25, -0.2) is 0 Å². The second-order valence-corrected chi connectivity index (χ2v) is 6.68. The van der Waals surface area contributed by atoms with E-state index in [1.54, 1.807) is 0 Å². The van der Waals surface area contributed by atoms with Crippen LogP contribution in [0.25, 0.3) is 0 Å². The molecule has 0 unspecified atom stereocenters. The lowest BCUT2D eigenvalue weighted by Crippen LogP contribution is -2.43. The van der Waals surface area contributed by atoms with Crippen LogP contribution in [-0.4, -0.2) is 48.5 Å². The Morgan fingerprint density at radius 2 is 1.87 bits per heavy atom. The van der Waals surface area contributed by atoms with Gasteiger partial charge in [0.25, 0.3) is 0 Å². The van der Waals surface area contributed by atoms with Crippen LogP contribution in [0.3, 0.4) is 0 Å². The van der Waals surface area contributed by atoms with Gasteiger partial charge in [0.2, 0.25) is 5.91 Å². The first-order valence-electron chi connectivity index (χ1n) is 8.99. The van der Waals surface area contributed by atoms with E-state index in [1.165, 1.54) is 18.4 Å². The van der Waals surface area contributed by atoms with E-state index in [1.807, 2.05) is 19.1 Å². The molecule has 3 rings (SSSR count). The van der Waals surface area contributed by atoms with Gasteiger partial charge in [0.05, 0.1) is 12.5 Å². The summed E-state index contributed by atoms with van der Waals surface area (Å²) in [6.45, 7) is 7.56. The highest BCUT2D eigenvalue weighted by Gasteiger charge is 2.30. The Balaban J connectivity index is 1.54. The zero-order valence-electron chi connectivity index (χ0n) is 14.2. The van der Waals surface area contributed by atoms with Crippen molar-refractivity contribution in [1.29, 1.82) is 0 Å². The summed E-state index contributed by atoms with van der Waals surface area (Å²) in [5.74, 6) is 1.51. The number of piperidine rings is 1. The molecule has 4 nitrogen and oxygen atoms in total. The zero-order chi connectivity index (χ0) is 16.1. The van der Waals surface area contributed by atoms with E-state index in [2.05, 4.69) is 21.9 Å². The fourth-order valence-corrected chi connectivity index (χ4v) is 3.71. The molecule has 2 aliphatic heterocycles. The molecule has 0 aromatic heterocycles. The Labute approximate surface area is 139 Å². The van der Waals surface area contributed by atoms with E-state index in [0.29, 0.717) is 12.5 Å². The van der Waals surface area contributed by atoms with Gasteiger partial charge in [0.15, 0.2) is 0 Å². The number of ether oxygens (including phenoxy) is 1. The predicted molar refractivity (Wildman–Crippen MR) is 91.4 cm³/mol. The van der Waals surface area contributed by atoms with E-state index in [-0.39, 0.29) is 5.92 Å². The fraction of sp³-hybridized carbons (Fsp3) is 0.632. The molecule has 2 aliphatic rings. The summed E-state index contributed by atoms with van der Waals surface area (Å²) in [6, 6.07) is 8.35. The molecule has 0 radical (unpaired) electrons. The molecule has 1 aromatic carbocycles. The summed E-state index contributed by atoms with van der Waals surface area (Å²) in [7, 11) is 0. The van der Waals surface area contributed by atoms with Crippen LogP contribution in [0.15, 0.2) is 24.3 Å². The normalized spacial score (nSPS) is 22.3. The van der Waals surface area contributed by atoms with Crippen LogP contribution in [0.2, 0.25) is 0 Å². The van der Waals surface area contributed by atoms with Crippen molar-refractivity contribution in [3.8, 4) is 5.75 Å². The van der Waals surface area contributed by atoms with E-state index in [0.717, 1.165) is 51.3 Å². The Morgan fingerprint density at radius 1 is 1.13 bits per heavy atom. The lowest BCUT2D eigenvalue weighted by Gasteiger charge is -2.34. The van der Waals surface area contributed by atoms with Gasteiger partial charge < -0.3 is 9.64 Å². The summed E-state index contributed by atoms with van der Waals surface area (Å²) in [4.78, 5) is 17.1. The maximum absolute atomic E-state index is 12.6. The lowest BCUT2D eigenvalue weighted by molar-refractivity contribution is -0.136. The summed E-state index contributed by atoms with van der Waals surface area (Å²) >= 11 is 0. The van der Waals surface area contributed by atoms with E-state index >= 15 is 0 Å². The maximum Gasteiger partial charge on any atom is 0.226 e. The van der Waals surface area contributed by atoms with Crippen LogP contribution >= 0.6 is 0 Å². The maximum atomic E-state index is 12.6. The minimum Gasteiger partial charge on any atom is -0.494 e. The van der Waals surface area contributed by atoms with Gasteiger partial charge in [-0.1, -0.05) is 12.1 Å². The zero-order valence-corrected chi connectivity index (χ0v) is 14.2. The molecule has 4 heteroatoms. The van der Waals surface area contributed by atoms with Gasteiger partial charge in [-0.05, 0) is 56.8 Å². The third-order valence-electron chi connectivity index (χ3n) is 4.91. The Bertz CT molecular complexity index is 509. The molecule has 1 amide bonds. The Kier molecular flexibility index (Phi) is 5.55. The highest BCUT2D eigenvalue weighted by molar-refractivity contribution is 5.79. The van der Waals surface area contributed by atoms with Crippen molar-refractivity contribution in [2.75, 3.05) is 32.8 Å². The molecule has 0 bridgehead atoms. The number of hydrogen-bond acceptors (Lipinski definition) is 3. The third-order valence-corrected chi connectivity index (χ3v) is 4.91.